The Morgan fingerprint density at radius 3 is 2.42 bits per heavy atom. The lowest BCUT2D eigenvalue weighted by Gasteiger charge is -2.36. The first kappa shape index (κ1) is 16.4. The van der Waals surface area contributed by atoms with Crippen LogP contribution in [0.25, 0.3) is 0 Å². The van der Waals surface area contributed by atoms with Gasteiger partial charge in [-0.05, 0) is 26.2 Å². The van der Waals surface area contributed by atoms with Crippen molar-refractivity contribution in [1.82, 2.24) is 15.1 Å². The molecule has 0 bridgehead atoms. The van der Waals surface area contributed by atoms with E-state index in [1.165, 1.54) is 0 Å². The maximum atomic E-state index is 12.5. The number of nitrogens with zero attached hydrogens (tertiary/aromatic N) is 2. The lowest BCUT2D eigenvalue weighted by atomic mass is 9.90. The second kappa shape index (κ2) is 7.25. The topological polar surface area (TPSA) is 35.6 Å². The normalized spacial score (nSPS) is 17.8. The summed E-state index contributed by atoms with van der Waals surface area (Å²) < 4.78 is 0. The van der Waals surface area contributed by atoms with Crippen LogP contribution in [0.3, 0.4) is 0 Å². The van der Waals surface area contributed by atoms with Crippen molar-refractivity contribution < 1.29 is 4.79 Å². The van der Waals surface area contributed by atoms with E-state index < -0.39 is 0 Å². The molecule has 0 aromatic heterocycles. The zero-order chi connectivity index (χ0) is 14.5. The number of rotatable bonds is 6. The monoisotopic (exact) mass is 269 g/mol. The molecule has 0 spiro atoms. The third-order valence-corrected chi connectivity index (χ3v) is 3.80. The minimum absolute atomic E-state index is 0.270. The summed E-state index contributed by atoms with van der Waals surface area (Å²) in [6, 6.07) is 0. The largest absolute Gasteiger partial charge is 0.345 e. The fourth-order valence-electron chi connectivity index (χ4n) is 2.57. The van der Waals surface area contributed by atoms with Gasteiger partial charge in [0.2, 0.25) is 5.91 Å². The molecule has 112 valence electrons. The lowest BCUT2D eigenvalue weighted by molar-refractivity contribution is -0.140. The number of hydrogen-bond acceptors (Lipinski definition) is 3. The average Bonchev–Trinajstić information content (AvgIpc) is 2.35. The third kappa shape index (κ3) is 5.49. The van der Waals surface area contributed by atoms with Crippen LogP contribution in [0.1, 0.15) is 34.1 Å². The molecule has 0 saturated carbocycles. The van der Waals surface area contributed by atoms with E-state index in [2.05, 4.69) is 37.9 Å². The molecule has 0 aromatic rings. The SMILES string of the molecule is CC(C)CCN(C)C(=O)C(C)(C)CN1CCNCC1. The van der Waals surface area contributed by atoms with Crippen molar-refractivity contribution in [3.05, 3.63) is 0 Å². The number of carbonyl (C=O) groups is 1. The van der Waals surface area contributed by atoms with Crippen LogP contribution in [0.5, 0.6) is 0 Å². The molecule has 1 saturated heterocycles. The first-order valence-electron chi connectivity index (χ1n) is 7.51. The molecule has 0 radical (unpaired) electrons. The van der Waals surface area contributed by atoms with Crippen LogP contribution in [0.4, 0.5) is 0 Å². The molecule has 0 aromatic carbocycles. The van der Waals surface area contributed by atoms with Gasteiger partial charge in [0.25, 0.3) is 0 Å². The minimum atomic E-state index is -0.289. The van der Waals surface area contributed by atoms with Crippen molar-refractivity contribution >= 4 is 5.91 Å². The molecule has 1 fully saturated rings. The van der Waals surface area contributed by atoms with E-state index in [1.807, 2.05) is 11.9 Å². The van der Waals surface area contributed by atoms with E-state index in [4.69, 9.17) is 0 Å². The summed E-state index contributed by atoms with van der Waals surface area (Å²) >= 11 is 0. The van der Waals surface area contributed by atoms with Crippen molar-refractivity contribution in [3.63, 3.8) is 0 Å². The highest BCUT2D eigenvalue weighted by Crippen LogP contribution is 2.21. The van der Waals surface area contributed by atoms with Gasteiger partial charge >= 0.3 is 0 Å². The molecule has 1 heterocycles. The van der Waals surface area contributed by atoms with E-state index in [0.717, 1.165) is 45.7 Å². The zero-order valence-electron chi connectivity index (χ0n) is 13.3. The summed E-state index contributed by atoms with van der Waals surface area (Å²) in [5.41, 5.74) is -0.289. The van der Waals surface area contributed by atoms with E-state index >= 15 is 0 Å². The molecule has 0 atom stereocenters. The summed E-state index contributed by atoms with van der Waals surface area (Å²) in [5, 5.41) is 3.35. The molecule has 19 heavy (non-hydrogen) atoms. The summed E-state index contributed by atoms with van der Waals surface area (Å²) in [5.74, 6) is 0.915. The van der Waals surface area contributed by atoms with Crippen LogP contribution in [-0.4, -0.2) is 62.0 Å². The molecular formula is C15H31N3O. The van der Waals surface area contributed by atoms with Crippen LogP contribution < -0.4 is 5.32 Å². The molecule has 1 rings (SSSR count). The highest BCUT2D eigenvalue weighted by atomic mass is 16.2. The predicted molar refractivity (Wildman–Crippen MR) is 80.2 cm³/mol. The fraction of sp³-hybridized carbons (Fsp3) is 0.933. The smallest absolute Gasteiger partial charge is 0.229 e. The second-order valence-corrected chi connectivity index (χ2v) is 6.82. The number of amides is 1. The van der Waals surface area contributed by atoms with E-state index in [1.54, 1.807) is 0 Å². The second-order valence-electron chi connectivity index (χ2n) is 6.82. The number of hydrogen-bond donors (Lipinski definition) is 1. The summed E-state index contributed by atoms with van der Waals surface area (Å²) in [7, 11) is 1.93. The summed E-state index contributed by atoms with van der Waals surface area (Å²) in [4.78, 5) is 16.8. The van der Waals surface area contributed by atoms with Gasteiger partial charge in [-0.15, -0.1) is 0 Å². The van der Waals surface area contributed by atoms with Crippen molar-refractivity contribution in [2.24, 2.45) is 11.3 Å². The highest BCUT2D eigenvalue weighted by molar-refractivity contribution is 5.82. The number of piperazine rings is 1. The van der Waals surface area contributed by atoms with Gasteiger partial charge in [-0.3, -0.25) is 9.69 Å². The Bertz CT molecular complexity index is 283. The Labute approximate surface area is 118 Å². The summed E-state index contributed by atoms with van der Waals surface area (Å²) in [6.07, 6.45) is 1.08. The van der Waals surface area contributed by atoms with Crippen molar-refractivity contribution in [1.29, 1.82) is 0 Å². The van der Waals surface area contributed by atoms with Crippen LogP contribution >= 0.6 is 0 Å². The maximum Gasteiger partial charge on any atom is 0.229 e. The van der Waals surface area contributed by atoms with Crippen LogP contribution in [0, 0.1) is 11.3 Å². The number of carbonyl (C=O) groups excluding carboxylic acids is 1. The lowest BCUT2D eigenvalue weighted by Crippen LogP contribution is -2.51. The highest BCUT2D eigenvalue weighted by Gasteiger charge is 2.32. The van der Waals surface area contributed by atoms with E-state index in [0.29, 0.717) is 5.92 Å². The van der Waals surface area contributed by atoms with Gasteiger partial charge in [0, 0.05) is 46.3 Å². The Morgan fingerprint density at radius 2 is 1.89 bits per heavy atom. The van der Waals surface area contributed by atoms with Gasteiger partial charge in [0.05, 0.1) is 5.41 Å². The van der Waals surface area contributed by atoms with Crippen LogP contribution in [0.2, 0.25) is 0 Å². The van der Waals surface area contributed by atoms with Gasteiger partial charge in [-0.2, -0.15) is 0 Å². The average molecular weight is 269 g/mol. The molecule has 1 N–H and O–H groups in total. The minimum Gasteiger partial charge on any atom is -0.345 e. The fourth-order valence-corrected chi connectivity index (χ4v) is 2.57. The Balaban J connectivity index is 2.47. The molecule has 0 unspecified atom stereocenters. The molecule has 1 amide bonds. The van der Waals surface area contributed by atoms with Gasteiger partial charge in [-0.1, -0.05) is 13.8 Å². The predicted octanol–water partition coefficient (Wildman–Crippen LogP) is 1.42. The van der Waals surface area contributed by atoms with Crippen molar-refractivity contribution in [3.8, 4) is 0 Å². The molecule has 4 heteroatoms. The summed E-state index contributed by atoms with van der Waals surface area (Å²) in [6.45, 7) is 14.4. The van der Waals surface area contributed by atoms with Gasteiger partial charge in [-0.25, -0.2) is 0 Å². The van der Waals surface area contributed by atoms with E-state index in [-0.39, 0.29) is 11.3 Å². The molecule has 1 aliphatic heterocycles. The molecular weight excluding hydrogens is 238 g/mol. The van der Waals surface area contributed by atoms with Crippen molar-refractivity contribution in [2.45, 2.75) is 34.1 Å². The Hall–Kier alpha value is -0.610. The van der Waals surface area contributed by atoms with E-state index in [9.17, 15) is 4.79 Å². The molecule has 0 aliphatic carbocycles. The molecule has 4 nitrogen and oxygen atoms in total. The van der Waals surface area contributed by atoms with Crippen LogP contribution in [-0.2, 0) is 4.79 Å². The van der Waals surface area contributed by atoms with Gasteiger partial charge in [0.1, 0.15) is 0 Å². The first-order chi connectivity index (χ1) is 8.83. The Morgan fingerprint density at radius 1 is 1.32 bits per heavy atom. The van der Waals surface area contributed by atoms with Gasteiger partial charge in [0.15, 0.2) is 0 Å². The molecule has 1 aliphatic rings. The first-order valence-corrected chi connectivity index (χ1v) is 7.51. The third-order valence-electron chi connectivity index (χ3n) is 3.80. The van der Waals surface area contributed by atoms with Crippen LogP contribution in [0.15, 0.2) is 0 Å². The number of nitrogens with one attached hydrogen (secondary N) is 1. The quantitative estimate of drug-likeness (QED) is 0.792. The van der Waals surface area contributed by atoms with Gasteiger partial charge < -0.3 is 10.2 Å². The van der Waals surface area contributed by atoms with Crippen molar-refractivity contribution in [2.75, 3.05) is 46.3 Å². The Kier molecular flexibility index (Phi) is 6.27. The zero-order valence-corrected chi connectivity index (χ0v) is 13.3. The maximum absolute atomic E-state index is 12.5. The standard InChI is InChI=1S/C15H31N3O/c1-13(2)6-9-17(5)14(19)15(3,4)12-18-10-7-16-8-11-18/h13,16H,6-12H2,1-5H3.